The van der Waals surface area contributed by atoms with E-state index in [4.69, 9.17) is 4.74 Å². The molecule has 0 bridgehead atoms. The van der Waals surface area contributed by atoms with Gasteiger partial charge in [-0.2, -0.15) is 5.10 Å². The number of rotatable bonds is 4. The molecule has 122 valence electrons. The van der Waals surface area contributed by atoms with Crippen molar-refractivity contribution in [3.05, 3.63) is 46.8 Å². The fourth-order valence-corrected chi connectivity index (χ4v) is 2.11. The highest BCUT2D eigenvalue weighted by atomic mass is 16.5. The molecule has 0 aliphatic heterocycles. The zero-order chi connectivity index (χ0) is 17.0. The van der Waals surface area contributed by atoms with Gasteiger partial charge in [0.1, 0.15) is 5.75 Å². The van der Waals surface area contributed by atoms with Crippen molar-refractivity contribution < 1.29 is 14.3 Å². The molecule has 0 fully saturated rings. The number of ether oxygens (including phenoxy) is 1. The lowest BCUT2D eigenvalue weighted by Crippen LogP contribution is -2.44. The normalized spacial score (nSPS) is 10.3. The molecule has 1 aromatic carbocycles. The van der Waals surface area contributed by atoms with E-state index in [9.17, 15) is 9.59 Å². The molecule has 2 amide bonds. The lowest BCUT2D eigenvalue weighted by Gasteiger charge is -2.09. The van der Waals surface area contributed by atoms with Crippen LogP contribution >= 0.6 is 0 Å². The minimum absolute atomic E-state index is 0.186. The highest BCUT2D eigenvalue weighted by Gasteiger charge is 2.17. The second kappa shape index (κ2) is 6.95. The largest absolute Gasteiger partial charge is 0.484 e. The first-order chi connectivity index (χ1) is 10.9. The molecule has 2 aromatic rings. The van der Waals surface area contributed by atoms with Crippen LogP contribution in [0.15, 0.2) is 24.3 Å². The van der Waals surface area contributed by atoms with Gasteiger partial charge in [0.25, 0.3) is 11.8 Å². The number of nitrogens with zero attached hydrogens (tertiary/aromatic N) is 2. The lowest BCUT2D eigenvalue weighted by molar-refractivity contribution is -0.123. The highest BCUT2D eigenvalue weighted by Crippen LogP contribution is 2.12. The number of hydrazine groups is 1. The molecule has 0 spiro atoms. The average Bonchev–Trinajstić information content (AvgIpc) is 2.77. The first-order valence-corrected chi connectivity index (χ1v) is 7.17. The second-order valence-electron chi connectivity index (χ2n) is 5.27. The first kappa shape index (κ1) is 16.5. The average molecular weight is 316 g/mol. The van der Waals surface area contributed by atoms with Crippen molar-refractivity contribution in [2.45, 2.75) is 20.8 Å². The number of amides is 2. The van der Waals surface area contributed by atoms with Gasteiger partial charge in [-0.05, 0) is 32.9 Å². The van der Waals surface area contributed by atoms with Crippen LogP contribution in [0.25, 0.3) is 0 Å². The third-order valence-electron chi connectivity index (χ3n) is 3.44. The highest BCUT2D eigenvalue weighted by molar-refractivity contribution is 5.97. The second-order valence-corrected chi connectivity index (χ2v) is 5.27. The van der Waals surface area contributed by atoms with Crippen molar-refractivity contribution >= 4 is 11.8 Å². The van der Waals surface area contributed by atoms with Crippen LogP contribution in [0, 0.1) is 20.8 Å². The van der Waals surface area contributed by atoms with Gasteiger partial charge in [-0.1, -0.05) is 17.7 Å². The van der Waals surface area contributed by atoms with Crippen molar-refractivity contribution in [1.29, 1.82) is 0 Å². The first-order valence-electron chi connectivity index (χ1n) is 7.17. The third kappa shape index (κ3) is 4.09. The van der Waals surface area contributed by atoms with Crippen molar-refractivity contribution in [1.82, 2.24) is 20.6 Å². The minimum Gasteiger partial charge on any atom is -0.484 e. The monoisotopic (exact) mass is 316 g/mol. The van der Waals surface area contributed by atoms with Gasteiger partial charge in [0.2, 0.25) is 0 Å². The van der Waals surface area contributed by atoms with E-state index in [0.717, 1.165) is 11.3 Å². The molecule has 2 N–H and O–H groups in total. The summed E-state index contributed by atoms with van der Waals surface area (Å²) in [5.74, 6) is -0.258. The van der Waals surface area contributed by atoms with Gasteiger partial charge in [-0.3, -0.25) is 25.1 Å². The van der Waals surface area contributed by atoms with Crippen LogP contribution in [-0.4, -0.2) is 28.2 Å². The number of benzene rings is 1. The summed E-state index contributed by atoms with van der Waals surface area (Å²) in [7, 11) is 1.76. The van der Waals surface area contributed by atoms with Crippen LogP contribution in [0.1, 0.15) is 27.3 Å². The predicted octanol–water partition coefficient (Wildman–Crippen LogP) is 1.19. The molecule has 0 radical (unpaired) electrons. The maximum atomic E-state index is 12.1. The summed E-state index contributed by atoms with van der Waals surface area (Å²) in [5.41, 5.74) is 7.58. The van der Waals surface area contributed by atoms with E-state index in [1.165, 1.54) is 0 Å². The lowest BCUT2D eigenvalue weighted by atomic mass is 10.2. The number of nitrogens with one attached hydrogen (secondary N) is 2. The summed E-state index contributed by atoms with van der Waals surface area (Å²) in [6.45, 7) is 5.31. The van der Waals surface area contributed by atoms with E-state index in [2.05, 4.69) is 16.0 Å². The Labute approximate surface area is 134 Å². The van der Waals surface area contributed by atoms with Gasteiger partial charge in [-0.25, -0.2) is 0 Å². The molecule has 1 aromatic heterocycles. The molecule has 0 saturated carbocycles. The molecular formula is C16H20N4O3. The number of aromatic nitrogens is 2. The van der Waals surface area contributed by atoms with E-state index in [1.807, 2.05) is 19.1 Å². The van der Waals surface area contributed by atoms with E-state index in [-0.39, 0.29) is 6.61 Å². The molecule has 2 rings (SSSR count). The van der Waals surface area contributed by atoms with Crippen molar-refractivity contribution in [3.8, 4) is 5.75 Å². The SMILES string of the molecule is Cc1ccc(OCC(=O)NNC(=O)c2c(C)nn(C)c2C)cc1. The van der Waals surface area contributed by atoms with Crippen molar-refractivity contribution in [2.24, 2.45) is 7.05 Å². The topological polar surface area (TPSA) is 85.2 Å². The van der Waals surface area contributed by atoms with Gasteiger partial charge in [0.05, 0.1) is 11.3 Å². The fraction of sp³-hybridized carbons (Fsp3) is 0.312. The summed E-state index contributed by atoms with van der Waals surface area (Å²) in [4.78, 5) is 23.8. The molecular weight excluding hydrogens is 296 g/mol. The number of carbonyl (C=O) groups is 2. The van der Waals surface area contributed by atoms with Crippen LogP contribution in [0.5, 0.6) is 5.75 Å². The molecule has 0 atom stereocenters. The van der Waals surface area contributed by atoms with Crippen molar-refractivity contribution in [2.75, 3.05) is 6.61 Å². The standard InChI is InChI=1S/C16H20N4O3/c1-10-5-7-13(8-6-10)23-9-14(21)17-18-16(22)15-11(2)19-20(4)12(15)3/h5-8H,9H2,1-4H3,(H,17,21)(H,18,22). The third-order valence-corrected chi connectivity index (χ3v) is 3.44. The van der Waals surface area contributed by atoms with E-state index in [1.54, 1.807) is 37.7 Å². The zero-order valence-corrected chi connectivity index (χ0v) is 13.6. The summed E-state index contributed by atoms with van der Waals surface area (Å²) in [6, 6.07) is 7.35. The fourth-order valence-electron chi connectivity index (χ4n) is 2.11. The van der Waals surface area contributed by atoms with Crippen LogP contribution < -0.4 is 15.6 Å². The Morgan fingerprint density at radius 3 is 2.35 bits per heavy atom. The Kier molecular flexibility index (Phi) is 5.00. The van der Waals surface area contributed by atoms with Gasteiger partial charge < -0.3 is 4.74 Å². The van der Waals surface area contributed by atoms with E-state index < -0.39 is 11.8 Å². The van der Waals surface area contributed by atoms with E-state index >= 15 is 0 Å². The maximum absolute atomic E-state index is 12.1. The Morgan fingerprint density at radius 1 is 1.13 bits per heavy atom. The molecule has 0 saturated heterocycles. The predicted molar refractivity (Wildman–Crippen MR) is 85.0 cm³/mol. The molecule has 1 heterocycles. The van der Waals surface area contributed by atoms with Gasteiger partial charge in [0, 0.05) is 12.7 Å². The number of aryl methyl sites for hydroxylation is 3. The number of hydrogen-bond donors (Lipinski definition) is 2. The van der Waals surface area contributed by atoms with Crippen LogP contribution in [-0.2, 0) is 11.8 Å². The molecule has 0 aliphatic rings. The molecule has 23 heavy (non-hydrogen) atoms. The quantitative estimate of drug-likeness (QED) is 0.830. The van der Waals surface area contributed by atoms with Crippen LogP contribution in [0.4, 0.5) is 0 Å². The maximum Gasteiger partial charge on any atom is 0.276 e. The van der Waals surface area contributed by atoms with Crippen LogP contribution in [0.2, 0.25) is 0 Å². The summed E-state index contributed by atoms with van der Waals surface area (Å²) >= 11 is 0. The smallest absolute Gasteiger partial charge is 0.276 e. The number of carbonyl (C=O) groups excluding carboxylic acids is 2. The molecule has 7 heteroatoms. The van der Waals surface area contributed by atoms with Gasteiger partial charge >= 0.3 is 0 Å². The molecule has 7 nitrogen and oxygen atoms in total. The summed E-state index contributed by atoms with van der Waals surface area (Å²) in [5, 5.41) is 4.16. The number of hydrogen-bond acceptors (Lipinski definition) is 4. The Hall–Kier alpha value is -2.83. The Balaban J connectivity index is 1.84. The Morgan fingerprint density at radius 2 is 1.78 bits per heavy atom. The molecule has 0 aliphatic carbocycles. The van der Waals surface area contributed by atoms with Gasteiger partial charge in [0.15, 0.2) is 6.61 Å². The summed E-state index contributed by atoms with van der Waals surface area (Å²) < 4.78 is 6.95. The van der Waals surface area contributed by atoms with Crippen molar-refractivity contribution in [3.63, 3.8) is 0 Å². The molecule has 0 unspecified atom stereocenters. The Bertz CT molecular complexity index is 720. The van der Waals surface area contributed by atoms with E-state index in [0.29, 0.717) is 17.0 Å². The van der Waals surface area contributed by atoms with Gasteiger partial charge in [-0.15, -0.1) is 0 Å². The minimum atomic E-state index is -0.446. The zero-order valence-electron chi connectivity index (χ0n) is 13.6. The summed E-state index contributed by atoms with van der Waals surface area (Å²) in [6.07, 6.45) is 0. The van der Waals surface area contributed by atoms with Crippen LogP contribution in [0.3, 0.4) is 0 Å².